The molecule has 0 aliphatic carbocycles. The van der Waals surface area contributed by atoms with Crippen LogP contribution in [0.1, 0.15) is 21.5 Å². The third-order valence-corrected chi connectivity index (χ3v) is 3.06. The molecule has 0 heterocycles. The normalized spacial score (nSPS) is 10.2. The fourth-order valence-corrected chi connectivity index (χ4v) is 1.95. The predicted molar refractivity (Wildman–Crippen MR) is 80.3 cm³/mol. The van der Waals surface area contributed by atoms with Crippen molar-refractivity contribution >= 4 is 5.97 Å². The summed E-state index contributed by atoms with van der Waals surface area (Å²) in [5.41, 5.74) is 2.14. The predicted octanol–water partition coefficient (Wildman–Crippen LogP) is 3.46. The van der Waals surface area contributed by atoms with Gasteiger partial charge in [-0.15, -0.1) is 0 Å². The van der Waals surface area contributed by atoms with Crippen LogP contribution in [0.15, 0.2) is 42.5 Å². The number of benzene rings is 2. The smallest absolute Gasteiger partial charge is 0.339 e. The molecule has 4 heteroatoms. The third-order valence-electron chi connectivity index (χ3n) is 3.06. The second-order valence-corrected chi connectivity index (χ2v) is 4.77. The van der Waals surface area contributed by atoms with Crippen LogP contribution in [-0.4, -0.2) is 24.3 Å². The van der Waals surface area contributed by atoms with Crippen molar-refractivity contribution in [2.45, 2.75) is 13.8 Å². The van der Waals surface area contributed by atoms with E-state index in [-0.39, 0.29) is 5.56 Å². The highest BCUT2D eigenvalue weighted by molar-refractivity contribution is 5.91. The number of aromatic carboxylic acids is 1. The van der Waals surface area contributed by atoms with Gasteiger partial charge in [0.1, 0.15) is 30.3 Å². The molecule has 0 saturated carbocycles. The van der Waals surface area contributed by atoms with Crippen molar-refractivity contribution in [2.75, 3.05) is 13.2 Å². The first-order chi connectivity index (χ1) is 10.1. The van der Waals surface area contributed by atoms with Crippen molar-refractivity contribution in [3.05, 3.63) is 59.2 Å². The number of carboxylic acids is 1. The maximum Gasteiger partial charge on any atom is 0.339 e. The summed E-state index contributed by atoms with van der Waals surface area (Å²) in [5, 5.41) is 9.14. The summed E-state index contributed by atoms with van der Waals surface area (Å²) in [6.45, 7) is 4.48. The molecule has 2 aromatic rings. The molecule has 0 aliphatic heterocycles. The van der Waals surface area contributed by atoms with Gasteiger partial charge in [-0.2, -0.15) is 0 Å². The number of carbonyl (C=O) groups is 1. The van der Waals surface area contributed by atoms with Crippen molar-refractivity contribution in [3.63, 3.8) is 0 Å². The third kappa shape index (κ3) is 3.99. The van der Waals surface area contributed by atoms with E-state index in [0.29, 0.717) is 19.0 Å². The van der Waals surface area contributed by atoms with Crippen LogP contribution in [0, 0.1) is 13.8 Å². The van der Waals surface area contributed by atoms with Gasteiger partial charge in [0, 0.05) is 0 Å². The van der Waals surface area contributed by atoms with E-state index in [0.717, 1.165) is 11.3 Å². The number of carboxylic acid groups (broad SMARTS) is 1. The average molecular weight is 286 g/mol. The van der Waals surface area contributed by atoms with Gasteiger partial charge in [-0.25, -0.2) is 4.79 Å². The summed E-state index contributed by atoms with van der Waals surface area (Å²) in [7, 11) is 0. The van der Waals surface area contributed by atoms with Crippen LogP contribution in [0.3, 0.4) is 0 Å². The highest BCUT2D eigenvalue weighted by Crippen LogP contribution is 2.23. The molecule has 0 atom stereocenters. The van der Waals surface area contributed by atoms with Gasteiger partial charge >= 0.3 is 5.97 Å². The lowest BCUT2D eigenvalue weighted by molar-refractivity contribution is 0.0691. The standard InChI is InChI=1S/C17H18O4/c1-12-6-8-14(9-7-12)20-10-11-21-16-13(2)4-3-5-15(16)17(18)19/h3-9H,10-11H2,1-2H3,(H,18,19). The molecule has 1 N–H and O–H groups in total. The molecule has 2 aromatic carbocycles. The van der Waals surface area contributed by atoms with Gasteiger partial charge in [0.05, 0.1) is 0 Å². The Balaban J connectivity index is 1.92. The maximum atomic E-state index is 11.1. The van der Waals surface area contributed by atoms with E-state index in [2.05, 4.69) is 0 Å². The molecule has 0 fully saturated rings. The van der Waals surface area contributed by atoms with E-state index in [4.69, 9.17) is 14.6 Å². The molecule has 0 bridgehead atoms. The summed E-state index contributed by atoms with van der Waals surface area (Å²) in [5.74, 6) is 0.179. The molecular formula is C17H18O4. The Morgan fingerprint density at radius 1 is 1.00 bits per heavy atom. The molecule has 0 aliphatic rings. The number of ether oxygens (including phenoxy) is 2. The van der Waals surface area contributed by atoms with Crippen molar-refractivity contribution in [1.29, 1.82) is 0 Å². The molecule has 0 aromatic heterocycles. The largest absolute Gasteiger partial charge is 0.490 e. The number of rotatable bonds is 6. The summed E-state index contributed by atoms with van der Waals surface area (Å²) < 4.78 is 11.1. The lowest BCUT2D eigenvalue weighted by Crippen LogP contribution is -2.12. The molecule has 2 rings (SSSR count). The average Bonchev–Trinajstić information content (AvgIpc) is 2.46. The molecule has 0 radical (unpaired) electrons. The Kier molecular flexibility index (Phi) is 4.82. The zero-order chi connectivity index (χ0) is 15.2. The minimum Gasteiger partial charge on any atom is -0.490 e. The minimum absolute atomic E-state index is 0.172. The van der Waals surface area contributed by atoms with Gasteiger partial charge in [0.2, 0.25) is 0 Å². The first-order valence-electron chi connectivity index (χ1n) is 6.73. The van der Waals surface area contributed by atoms with Crippen molar-refractivity contribution in [2.24, 2.45) is 0 Å². The highest BCUT2D eigenvalue weighted by Gasteiger charge is 2.13. The van der Waals surface area contributed by atoms with Gasteiger partial charge in [-0.1, -0.05) is 29.8 Å². The van der Waals surface area contributed by atoms with E-state index in [1.54, 1.807) is 6.07 Å². The molecule has 4 nitrogen and oxygen atoms in total. The summed E-state index contributed by atoms with van der Waals surface area (Å²) in [6.07, 6.45) is 0. The maximum absolute atomic E-state index is 11.1. The summed E-state index contributed by atoms with van der Waals surface area (Å²) >= 11 is 0. The van der Waals surface area contributed by atoms with Gasteiger partial charge in [-0.05, 0) is 37.6 Å². The molecule has 110 valence electrons. The van der Waals surface area contributed by atoms with Gasteiger partial charge < -0.3 is 14.6 Å². The fourth-order valence-electron chi connectivity index (χ4n) is 1.95. The van der Waals surface area contributed by atoms with Crippen LogP contribution in [0.2, 0.25) is 0 Å². The Bertz CT molecular complexity index is 617. The van der Waals surface area contributed by atoms with Gasteiger partial charge in [0.25, 0.3) is 0 Å². The minimum atomic E-state index is -0.992. The molecule has 0 spiro atoms. The fraction of sp³-hybridized carbons (Fsp3) is 0.235. The Labute approximate surface area is 123 Å². The summed E-state index contributed by atoms with van der Waals surface area (Å²) in [4.78, 5) is 11.1. The topological polar surface area (TPSA) is 55.8 Å². The summed E-state index contributed by atoms with van der Waals surface area (Å²) in [6, 6.07) is 12.8. The SMILES string of the molecule is Cc1ccc(OCCOc2c(C)cccc2C(=O)O)cc1. The first kappa shape index (κ1) is 14.9. The van der Waals surface area contributed by atoms with Crippen LogP contribution in [0.5, 0.6) is 11.5 Å². The second-order valence-electron chi connectivity index (χ2n) is 4.77. The van der Waals surface area contributed by atoms with E-state index in [1.165, 1.54) is 11.6 Å². The van der Waals surface area contributed by atoms with Crippen LogP contribution in [0.25, 0.3) is 0 Å². The molecule has 0 saturated heterocycles. The molecular weight excluding hydrogens is 268 g/mol. The quantitative estimate of drug-likeness (QED) is 0.826. The van der Waals surface area contributed by atoms with Crippen molar-refractivity contribution < 1.29 is 19.4 Å². The Morgan fingerprint density at radius 3 is 2.33 bits per heavy atom. The van der Waals surface area contributed by atoms with Crippen LogP contribution in [0.4, 0.5) is 0 Å². The molecule has 0 amide bonds. The monoisotopic (exact) mass is 286 g/mol. The highest BCUT2D eigenvalue weighted by atomic mass is 16.5. The number of hydrogen-bond acceptors (Lipinski definition) is 3. The zero-order valence-electron chi connectivity index (χ0n) is 12.1. The van der Waals surface area contributed by atoms with E-state index in [9.17, 15) is 4.79 Å². The van der Waals surface area contributed by atoms with E-state index < -0.39 is 5.97 Å². The second kappa shape index (κ2) is 6.79. The van der Waals surface area contributed by atoms with Gasteiger partial charge in [0.15, 0.2) is 0 Å². The van der Waals surface area contributed by atoms with Crippen LogP contribution in [-0.2, 0) is 0 Å². The van der Waals surface area contributed by atoms with Crippen molar-refractivity contribution in [3.8, 4) is 11.5 Å². The Morgan fingerprint density at radius 2 is 1.67 bits per heavy atom. The number of para-hydroxylation sites is 1. The van der Waals surface area contributed by atoms with Crippen LogP contribution >= 0.6 is 0 Å². The molecule has 21 heavy (non-hydrogen) atoms. The first-order valence-corrected chi connectivity index (χ1v) is 6.73. The van der Waals surface area contributed by atoms with Gasteiger partial charge in [-0.3, -0.25) is 0 Å². The van der Waals surface area contributed by atoms with Crippen molar-refractivity contribution in [1.82, 2.24) is 0 Å². The lowest BCUT2D eigenvalue weighted by Gasteiger charge is -2.12. The number of aryl methyl sites for hydroxylation is 2. The number of hydrogen-bond donors (Lipinski definition) is 1. The zero-order valence-corrected chi connectivity index (χ0v) is 12.1. The molecule has 0 unspecified atom stereocenters. The van der Waals surface area contributed by atoms with E-state index in [1.807, 2.05) is 44.2 Å². The van der Waals surface area contributed by atoms with E-state index >= 15 is 0 Å². The Hall–Kier alpha value is -2.49. The van der Waals surface area contributed by atoms with Crippen LogP contribution < -0.4 is 9.47 Å². The lowest BCUT2D eigenvalue weighted by atomic mass is 10.1.